The van der Waals surface area contributed by atoms with Crippen LogP contribution in [0.15, 0.2) is 0 Å². The molecule has 0 aromatic rings. The number of hydroxylamine groups is 2. The van der Waals surface area contributed by atoms with Crippen LogP contribution in [0.4, 0.5) is 4.79 Å². The van der Waals surface area contributed by atoms with Gasteiger partial charge in [0.05, 0.1) is 18.5 Å². The molecule has 104 valence electrons. The smallest absolute Gasteiger partial charge is 0.330 e. The third kappa shape index (κ3) is 3.87. The van der Waals surface area contributed by atoms with Crippen molar-refractivity contribution >= 4 is 12.0 Å². The van der Waals surface area contributed by atoms with E-state index < -0.39 is 5.41 Å². The molecule has 1 rings (SSSR count). The van der Waals surface area contributed by atoms with E-state index in [1.165, 1.54) is 0 Å². The van der Waals surface area contributed by atoms with Crippen LogP contribution in [0.3, 0.4) is 0 Å². The van der Waals surface area contributed by atoms with Gasteiger partial charge in [0.1, 0.15) is 0 Å². The Bertz CT molecular complexity index is 315. The minimum absolute atomic E-state index is 0.00296. The first-order chi connectivity index (χ1) is 8.21. The van der Waals surface area contributed by atoms with Crippen molar-refractivity contribution in [2.45, 2.75) is 20.8 Å². The molecule has 2 amide bonds. The molecule has 0 saturated carbocycles. The van der Waals surface area contributed by atoms with Crippen molar-refractivity contribution in [3.05, 3.63) is 0 Å². The molecule has 1 aliphatic rings. The molecule has 0 radical (unpaired) electrons. The third-order valence-electron chi connectivity index (χ3n) is 2.72. The molecule has 0 aromatic carbocycles. The van der Waals surface area contributed by atoms with Crippen molar-refractivity contribution < 1.29 is 14.4 Å². The highest BCUT2D eigenvalue weighted by molar-refractivity contribution is 5.75. The van der Waals surface area contributed by atoms with E-state index in [0.29, 0.717) is 26.2 Å². The number of rotatable bonds is 1. The Hall–Kier alpha value is -1.30. The van der Waals surface area contributed by atoms with Gasteiger partial charge < -0.3 is 14.6 Å². The maximum Gasteiger partial charge on any atom is 0.330 e. The average molecular weight is 257 g/mol. The van der Waals surface area contributed by atoms with Crippen LogP contribution in [0.25, 0.3) is 0 Å². The molecule has 6 heteroatoms. The highest BCUT2D eigenvalue weighted by atomic mass is 16.7. The molecular weight excluding hydrogens is 234 g/mol. The Morgan fingerprint density at radius 2 is 1.56 bits per heavy atom. The summed E-state index contributed by atoms with van der Waals surface area (Å²) in [5.41, 5.74) is -0.503. The summed E-state index contributed by atoms with van der Waals surface area (Å²) in [5.74, 6) is -0.241. The van der Waals surface area contributed by atoms with Crippen LogP contribution in [-0.2, 0) is 9.63 Å². The lowest BCUT2D eigenvalue weighted by Crippen LogP contribution is -2.52. The quantitative estimate of drug-likeness (QED) is 0.697. The molecule has 1 heterocycles. The molecule has 0 N–H and O–H groups in total. The van der Waals surface area contributed by atoms with Gasteiger partial charge in [0.25, 0.3) is 0 Å². The first-order valence-corrected chi connectivity index (χ1v) is 6.15. The van der Waals surface area contributed by atoms with Gasteiger partial charge in [-0.15, -0.1) is 5.06 Å². The van der Waals surface area contributed by atoms with Gasteiger partial charge in [-0.1, -0.05) is 0 Å². The van der Waals surface area contributed by atoms with Crippen molar-refractivity contribution in [3.8, 4) is 0 Å². The van der Waals surface area contributed by atoms with E-state index in [-0.39, 0.29) is 12.0 Å². The van der Waals surface area contributed by atoms with Crippen molar-refractivity contribution in [3.63, 3.8) is 0 Å². The van der Waals surface area contributed by atoms with Gasteiger partial charge in [0, 0.05) is 27.2 Å². The lowest BCUT2D eigenvalue weighted by molar-refractivity contribution is -0.205. The fourth-order valence-corrected chi connectivity index (χ4v) is 1.51. The average Bonchev–Trinajstić information content (AvgIpc) is 2.27. The minimum atomic E-state index is -0.503. The summed E-state index contributed by atoms with van der Waals surface area (Å²) in [6.07, 6.45) is 0. The Morgan fingerprint density at radius 3 is 1.94 bits per heavy atom. The number of carbonyl (C=O) groups is 2. The molecule has 1 aliphatic heterocycles. The zero-order valence-corrected chi connectivity index (χ0v) is 11.9. The summed E-state index contributed by atoms with van der Waals surface area (Å²) < 4.78 is 0. The molecule has 0 bridgehead atoms. The van der Waals surface area contributed by atoms with Crippen LogP contribution in [0.1, 0.15) is 20.8 Å². The molecule has 0 aliphatic carbocycles. The number of hydrogen-bond acceptors (Lipinski definition) is 4. The van der Waals surface area contributed by atoms with E-state index in [1.807, 2.05) is 20.8 Å². The number of piperazine rings is 1. The van der Waals surface area contributed by atoms with Gasteiger partial charge in [0.15, 0.2) is 0 Å². The lowest BCUT2D eigenvalue weighted by Gasteiger charge is -2.35. The SMILES string of the molecule is CN(C)C(=O)N1CCN(OC(=O)C(C)(C)C)CC1. The summed E-state index contributed by atoms with van der Waals surface area (Å²) >= 11 is 0. The van der Waals surface area contributed by atoms with Gasteiger partial charge in [-0.2, -0.15) is 0 Å². The number of urea groups is 1. The molecule has 0 spiro atoms. The zero-order valence-electron chi connectivity index (χ0n) is 11.9. The predicted octanol–water partition coefficient (Wildman–Crippen LogP) is 0.790. The van der Waals surface area contributed by atoms with Crippen molar-refractivity contribution in [1.82, 2.24) is 14.9 Å². The van der Waals surface area contributed by atoms with Crippen LogP contribution in [0, 0.1) is 5.41 Å². The second-order valence-corrected chi connectivity index (χ2v) is 5.72. The molecular formula is C12H23N3O3. The van der Waals surface area contributed by atoms with Crippen molar-refractivity contribution in [1.29, 1.82) is 0 Å². The molecule has 0 atom stereocenters. The summed E-state index contributed by atoms with van der Waals surface area (Å²) in [5, 5.41) is 1.63. The monoisotopic (exact) mass is 257 g/mol. The number of nitrogens with zero attached hydrogens (tertiary/aromatic N) is 3. The summed E-state index contributed by atoms with van der Waals surface area (Å²) in [4.78, 5) is 32.0. The molecule has 6 nitrogen and oxygen atoms in total. The van der Waals surface area contributed by atoms with E-state index in [1.54, 1.807) is 29.0 Å². The Balaban J connectivity index is 2.41. The van der Waals surface area contributed by atoms with E-state index >= 15 is 0 Å². The third-order valence-corrected chi connectivity index (χ3v) is 2.72. The largest absolute Gasteiger partial charge is 0.367 e. The number of hydrogen-bond donors (Lipinski definition) is 0. The highest BCUT2D eigenvalue weighted by Gasteiger charge is 2.29. The molecule has 0 aromatic heterocycles. The summed E-state index contributed by atoms with van der Waals surface area (Å²) in [6.45, 7) is 7.73. The lowest BCUT2D eigenvalue weighted by atomic mass is 9.98. The normalized spacial score (nSPS) is 17.5. The molecule has 0 unspecified atom stereocenters. The fraction of sp³-hybridized carbons (Fsp3) is 0.833. The van der Waals surface area contributed by atoms with Gasteiger partial charge in [-0.3, -0.25) is 0 Å². The topological polar surface area (TPSA) is 53.1 Å². The van der Waals surface area contributed by atoms with E-state index in [9.17, 15) is 9.59 Å². The second-order valence-electron chi connectivity index (χ2n) is 5.72. The van der Waals surface area contributed by atoms with Crippen LogP contribution >= 0.6 is 0 Å². The van der Waals surface area contributed by atoms with Gasteiger partial charge in [0.2, 0.25) is 0 Å². The standard InChI is InChI=1S/C12H23N3O3/c1-12(2,3)10(16)18-15-8-6-14(7-9-15)11(17)13(4)5/h6-9H2,1-5H3. The van der Waals surface area contributed by atoms with Crippen LogP contribution in [-0.4, -0.2) is 67.1 Å². The maximum atomic E-state index is 11.7. The Morgan fingerprint density at radius 1 is 1.06 bits per heavy atom. The predicted molar refractivity (Wildman–Crippen MR) is 67.8 cm³/mol. The first kappa shape index (κ1) is 14.8. The Labute approximate surface area is 108 Å². The van der Waals surface area contributed by atoms with Gasteiger partial charge >= 0.3 is 12.0 Å². The van der Waals surface area contributed by atoms with Crippen molar-refractivity contribution in [2.75, 3.05) is 40.3 Å². The summed E-state index contributed by atoms with van der Waals surface area (Å²) in [7, 11) is 3.46. The first-order valence-electron chi connectivity index (χ1n) is 6.15. The summed E-state index contributed by atoms with van der Waals surface area (Å²) in [6, 6.07) is -0.00296. The zero-order chi connectivity index (χ0) is 13.9. The number of amides is 2. The van der Waals surface area contributed by atoms with Crippen LogP contribution < -0.4 is 0 Å². The minimum Gasteiger partial charge on any atom is -0.367 e. The Kier molecular flexibility index (Phi) is 4.56. The van der Waals surface area contributed by atoms with Gasteiger partial charge in [-0.05, 0) is 20.8 Å². The van der Waals surface area contributed by atoms with Crippen molar-refractivity contribution in [2.24, 2.45) is 5.41 Å². The van der Waals surface area contributed by atoms with E-state index in [0.717, 1.165) is 0 Å². The van der Waals surface area contributed by atoms with Crippen LogP contribution in [0.5, 0.6) is 0 Å². The second kappa shape index (κ2) is 5.56. The number of carbonyl (C=O) groups excluding carboxylic acids is 2. The fourth-order valence-electron chi connectivity index (χ4n) is 1.51. The van der Waals surface area contributed by atoms with Gasteiger partial charge in [-0.25, -0.2) is 9.59 Å². The van der Waals surface area contributed by atoms with E-state index in [4.69, 9.17) is 4.84 Å². The van der Waals surface area contributed by atoms with Crippen LogP contribution in [0.2, 0.25) is 0 Å². The molecule has 1 saturated heterocycles. The highest BCUT2D eigenvalue weighted by Crippen LogP contribution is 2.17. The molecule has 1 fully saturated rings. The van der Waals surface area contributed by atoms with E-state index in [2.05, 4.69) is 0 Å². The maximum absolute atomic E-state index is 11.7. The molecule has 18 heavy (non-hydrogen) atoms.